The molecule has 4 bridgehead atoms. The van der Waals surface area contributed by atoms with Crippen LogP contribution in [0.2, 0.25) is 0 Å². The van der Waals surface area contributed by atoms with E-state index in [4.69, 9.17) is 4.74 Å². The van der Waals surface area contributed by atoms with E-state index in [0.29, 0.717) is 0 Å². The lowest BCUT2D eigenvalue weighted by atomic mass is 9.53. The summed E-state index contributed by atoms with van der Waals surface area (Å²) < 4.78 is 5.09. The topological polar surface area (TPSA) is 55.4 Å². The van der Waals surface area contributed by atoms with Gasteiger partial charge in [0, 0.05) is 5.54 Å². The minimum absolute atomic E-state index is 0.0256. The number of esters is 1. The fourth-order valence-electron chi connectivity index (χ4n) is 5.17. The van der Waals surface area contributed by atoms with Gasteiger partial charge in [0.1, 0.15) is 0 Å². The van der Waals surface area contributed by atoms with Crippen LogP contribution in [0, 0.1) is 23.7 Å². The predicted molar refractivity (Wildman–Crippen MR) is 72.7 cm³/mol. The van der Waals surface area contributed by atoms with Crippen LogP contribution in [-0.2, 0) is 14.3 Å². The Morgan fingerprint density at radius 2 is 1.55 bits per heavy atom. The molecule has 1 amide bonds. The van der Waals surface area contributed by atoms with Crippen LogP contribution in [0.1, 0.15) is 51.4 Å². The van der Waals surface area contributed by atoms with Gasteiger partial charge in [-0.1, -0.05) is 0 Å². The van der Waals surface area contributed by atoms with E-state index < -0.39 is 0 Å². The van der Waals surface area contributed by atoms with Gasteiger partial charge in [-0.3, -0.25) is 9.59 Å². The molecule has 4 nitrogen and oxygen atoms in total. The van der Waals surface area contributed by atoms with Gasteiger partial charge in [-0.15, -0.1) is 0 Å². The molecule has 0 saturated heterocycles. The predicted octanol–water partition coefficient (Wildman–Crippen LogP) is 2.02. The van der Waals surface area contributed by atoms with Crippen LogP contribution in [0.15, 0.2) is 0 Å². The molecule has 20 heavy (non-hydrogen) atoms. The van der Waals surface area contributed by atoms with E-state index in [1.54, 1.807) is 0 Å². The summed E-state index contributed by atoms with van der Waals surface area (Å²) >= 11 is 0. The van der Waals surface area contributed by atoms with Crippen molar-refractivity contribution in [2.24, 2.45) is 23.7 Å². The average Bonchev–Trinajstić information content (AvgIpc) is 3.17. The van der Waals surface area contributed by atoms with Gasteiger partial charge < -0.3 is 10.1 Å². The molecule has 5 aliphatic carbocycles. The summed E-state index contributed by atoms with van der Waals surface area (Å²) in [7, 11) is 0. The Kier molecular flexibility index (Phi) is 2.83. The van der Waals surface area contributed by atoms with E-state index in [2.05, 4.69) is 5.32 Å². The van der Waals surface area contributed by atoms with Crippen molar-refractivity contribution in [3.8, 4) is 0 Å². The summed E-state index contributed by atoms with van der Waals surface area (Å²) in [6.45, 7) is -0.0862. The summed E-state index contributed by atoms with van der Waals surface area (Å²) in [6, 6.07) is 0. The molecule has 1 N–H and O–H groups in total. The van der Waals surface area contributed by atoms with Gasteiger partial charge in [-0.2, -0.15) is 0 Å². The standard InChI is InChI=1S/C16H23NO3/c18-14(9-20-15(19)13-1-2-13)17-16-6-10-3-11(7-16)5-12(4-10)8-16/h10-13H,1-9H2,(H,17,18). The normalized spacial score (nSPS) is 41.5. The Balaban J connectivity index is 1.33. The van der Waals surface area contributed by atoms with Crippen LogP contribution in [0.5, 0.6) is 0 Å². The molecular formula is C16H23NO3. The lowest BCUT2D eigenvalue weighted by molar-refractivity contribution is -0.151. The summed E-state index contributed by atoms with van der Waals surface area (Å²) in [5.41, 5.74) is 0.0256. The van der Waals surface area contributed by atoms with E-state index in [-0.39, 0.29) is 29.9 Å². The highest BCUT2D eigenvalue weighted by Gasteiger charge is 2.51. The number of hydrogen-bond acceptors (Lipinski definition) is 3. The van der Waals surface area contributed by atoms with Crippen LogP contribution in [-0.4, -0.2) is 24.0 Å². The Morgan fingerprint density at radius 1 is 1.00 bits per heavy atom. The van der Waals surface area contributed by atoms with E-state index in [9.17, 15) is 9.59 Å². The molecule has 5 fully saturated rings. The Labute approximate surface area is 119 Å². The van der Waals surface area contributed by atoms with Crippen LogP contribution in [0.25, 0.3) is 0 Å². The first-order valence-corrected chi connectivity index (χ1v) is 8.09. The molecule has 0 aromatic heterocycles. The number of carbonyl (C=O) groups is 2. The summed E-state index contributed by atoms with van der Waals surface area (Å²) in [5.74, 6) is 2.23. The molecule has 0 aliphatic heterocycles. The van der Waals surface area contributed by atoms with Gasteiger partial charge in [0.25, 0.3) is 5.91 Å². The molecule has 5 aliphatic rings. The lowest BCUT2D eigenvalue weighted by Gasteiger charge is -2.56. The second kappa shape index (κ2) is 4.47. The van der Waals surface area contributed by atoms with Crippen LogP contribution < -0.4 is 5.32 Å². The fraction of sp³-hybridized carbons (Fsp3) is 0.875. The number of hydrogen-bond donors (Lipinski definition) is 1. The number of amides is 1. The second-order valence-corrected chi connectivity index (χ2v) is 7.63. The van der Waals surface area contributed by atoms with E-state index in [1.807, 2.05) is 0 Å². The molecule has 0 aromatic rings. The maximum atomic E-state index is 12.1. The molecule has 5 saturated carbocycles. The molecule has 0 atom stereocenters. The van der Waals surface area contributed by atoms with E-state index in [1.165, 1.54) is 19.3 Å². The highest BCUT2D eigenvalue weighted by molar-refractivity contribution is 5.82. The van der Waals surface area contributed by atoms with Gasteiger partial charge in [-0.05, 0) is 69.1 Å². The number of nitrogens with one attached hydrogen (secondary N) is 1. The maximum Gasteiger partial charge on any atom is 0.309 e. The van der Waals surface area contributed by atoms with Crippen molar-refractivity contribution in [3.63, 3.8) is 0 Å². The lowest BCUT2D eigenvalue weighted by Crippen LogP contribution is -2.60. The first-order chi connectivity index (χ1) is 9.62. The van der Waals surface area contributed by atoms with Crippen molar-refractivity contribution in [1.29, 1.82) is 0 Å². The quantitative estimate of drug-likeness (QED) is 0.800. The van der Waals surface area contributed by atoms with Crippen molar-refractivity contribution in [3.05, 3.63) is 0 Å². The molecule has 110 valence electrons. The smallest absolute Gasteiger partial charge is 0.309 e. The third-order valence-corrected chi connectivity index (χ3v) is 5.70. The molecule has 4 heteroatoms. The van der Waals surface area contributed by atoms with E-state index >= 15 is 0 Å². The molecule has 0 aromatic carbocycles. The Hall–Kier alpha value is -1.06. The van der Waals surface area contributed by atoms with Crippen molar-refractivity contribution in [1.82, 2.24) is 5.32 Å². The minimum atomic E-state index is -0.189. The number of rotatable bonds is 4. The zero-order valence-corrected chi connectivity index (χ0v) is 11.9. The number of carbonyl (C=O) groups excluding carboxylic acids is 2. The molecule has 0 spiro atoms. The molecule has 5 rings (SSSR count). The summed E-state index contributed by atoms with van der Waals surface area (Å²) in [5, 5.41) is 3.22. The van der Waals surface area contributed by atoms with E-state index in [0.717, 1.165) is 49.9 Å². The summed E-state index contributed by atoms with van der Waals surface area (Å²) in [6.07, 6.45) is 9.37. The minimum Gasteiger partial charge on any atom is -0.455 e. The molecule has 0 heterocycles. The molecule has 0 radical (unpaired) electrons. The molecule has 0 unspecified atom stereocenters. The number of ether oxygens (including phenoxy) is 1. The zero-order chi connectivity index (χ0) is 13.7. The van der Waals surface area contributed by atoms with Gasteiger partial charge in [0.05, 0.1) is 5.92 Å². The van der Waals surface area contributed by atoms with Crippen molar-refractivity contribution >= 4 is 11.9 Å². The molecular weight excluding hydrogens is 254 g/mol. The van der Waals surface area contributed by atoms with Crippen molar-refractivity contribution in [2.75, 3.05) is 6.61 Å². The van der Waals surface area contributed by atoms with Crippen molar-refractivity contribution < 1.29 is 14.3 Å². The summed E-state index contributed by atoms with van der Waals surface area (Å²) in [4.78, 5) is 23.6. The Morgan fingerprint density at radius 3 is 2.05 bits per heavy atom. The largest absolute Gasteiger partial charge is 0.455 e. The van der Waals surface area contributed by atoms with Gasteiger partial charge >= 0.3 is 5.97 Å². The van der Waals surface area contributed by atoms with Crippen LogP contribution in [0.4, 0.5) is 0 Å². The average molecular weight is 277 g/mol. The van der Waals surface area contributed by atoms with Crippen molar-refractivity contribution in [2.45, 2.75) is 56.9 Å². The second-order valence-electron chi connectivity index (χ2n) is 7.63. The van der Waals surface area contributed by atoms with Gasteiger partial charge in [-0.25, -0.2) is 0 Å². The first-order valence-electron chi connectivity index (χ1n) is 8.09. The maximum absolute atomic E-state index is 12.1. The third kappa shape index (κ3) is 2.33. The van der Waals surface area contributed by atoms with Gasteiger partial charge in [0.2, 0.25) is 0 Å². The SMILES string of the molecule is O=C(COC(=O)C1CC1)NC12CC3CC(CC(C3)C1)C2. The monoisotopic (exact) mass is 277 g/mol. The highest BCUT2D eigenvalue weighted by atomic mass is 16.5. The van der Waals surface area contributed by atoms with Gasteiger partial charge in [0.15, 0.2) is 6.61 Å². The zero-order valence-electron chi connectivity index (χ0n) is 11.9. The first kappa shape index (κ1) is 12.7. The van der Waals surface area contributed by atoms with Crippen LogP contribution in [0.3, 0.4) is 0 Å². The third-order valence-electron chi connectivity index (χ3n) is 5.70. The van der Waals surface area contributed by atoms with Crippen LogP contribution >= 0.6 is 0 Å². The Bertz CT molecular complexity index is 406. The highest BCUT2D eigenvalue weighted by Crippen LogP contribution is 2.55. The fourth-order valence-corrected chi connectivity index (χ4v) is 5.17.